The van der Waals surface area contributed by atoms with Gasteiger partial charge in [-0.25, -0.2) is 4.98 Å². The lowest BCUT2D eigenvalue weighted by atomic mass is 10.1. The largest absolute Gasteiger partial charge is 0.341 e. The molecule has 0 aliphatic rings. The topological polar surface area (TPSA) is 40.7 Å². The first kappa shape index (κ1) is 13.8. The summed E-state index contributed by atoms with van der Waals surface area (Å²) in [7, 11) is 0. The molecule has 0 saturated heterocycles. The molecule has 0 aliphatic carbocycles. The van der Waals surface area contributed by atoms with E-state index in [1.54, 1.807) is 0 Å². The maximum absolute atomic E-state index is 4.44. The number of aryl methyl sites for hydroxylation is 1. The number of aromatic amines is 1. The van der Waals surface area contributed by atoms with Crippen molar-refractivity contribution in [2.75, 3.05) is 6.54 Å². The lowest BCUT2D eigenvalue weighted by Gasteiger charge is -2.05. The highest BCUT2D eigenvalue weighted by molar-refractivity contribution is 5.55. The summed E-state index contributed by atoms with van der Waals surface area (Å²) >= 11 is 0. The van der Waals surface area contributed by atoms with Crippen molar-refractivity contribution in [3.8, 4) is 11.4 Å². The third-order valence-corrected chi connectivity index (χ3v) is 3.13. The van der Waals surface area contributed by atoms with E-state index in [1.807, 2.05) is 6.20 Å². The molecule has 0 aliphatic heterocycles. The van der Waals surface area contributed by atoms with Gasteiger partial charge in [-0.1, -0.05) is 45.0 Å². The average molecular weight is 257 g/mol. The molecule has 1 aromatic carbocycles. The lowest BCUT2D eigenvalue weighted by molar-refractivity contribution is 0.549. The second-order valence-electron chi connectivity index (χ2n) is 5.33. The Balaban J connectivity index is 1.99. The minimum atomic E-state index is 0.670. The van der Waals surface area contributed by atoms with Crippen molar-refractivity contribution in [1.29, 1.82) is 0 Å². The Bertz CT molecular complexity index is 497. The van der Waals surface area contributed by atoms with Gasteiger partial charge in [0, 0.05) is 24.0 Å². The molecule has 0 spiro atoms. The van der Waals surface area contributed by atoms with Crippen molar-refractivity contribution in [1.82, 2.24) is 15.3 Å². The van der Waals surface area contributed by atoms with Crippen molar-refractivity contribution >= 4 is 0 Å². The first-order chi connectivity index (χ1) is 9.19. The Hall–Kier alpha value is -1.61. The third kappa shape index (κ3) is 3.93. The van der Waals surface area contributed by atoms with Crippen LogP contribution in [0, 0.1) is 5.92 Å². The van der Waals surface area contributed by atoms with Crippen LogP contribution in [0.3, 0.4) is 0 Å². The summed E-state index contributed by atoms with van der Waals surface area (Å²) < 4.78 is 0. The lowest BCUT2D eigenvalue weighted by Crippen LogP contribution is -2.19. The summed E-state index contributed by atoms with van der Waals surface area (Å²) in [5.41, 5.74) is 3.64. The van der Waals surface area contributed by atoms with E-state index in [0.29, 0.717) is 5.92 Å². The van der Waals surface area contributed by atoms with Gasteiger partial charge in [-0.05, 0) is 24.4 Å². The van der Waals surface area contributed by atoms with E-state index in [9.17, 15) is 0 Å². The molecule has 19 heavy (non-hydrogen) atoms. The molecule has 3 nitrogen and oxygen atoms in total. The Morgan fingerprint density at radius 2 is 1.95 bits per heavy atom. The molecule has 0 radical (unpaired) electrons. The molecule has 1 heterocycles. The van der Waals surface area contributed by atoms with Crippen molar-refractivity contribution < 1.29 is 0 Å². The van der Waals surface area contributed by atoms with Gasteiger partial charge >= 0.3 is 0 Å². The van der Waals surface area contributed by atoms with E-state index in [0.717, 1.165) is 36.6 Å². The van der Waals surface area contributed by atoms with Crippen molar-refractivity contribution in [3.05, 3.63) is 41.7 Å². The zero-order chi connectivity index (χ0) is 13.7. The van der Waals surface area contributed by atoms with Gasteiger partial charge in [0.25, 0.3) is 0 Å². The molecule has 0 bridgehead atoms. The SMILES string of the molecule is CCc1ccc(-c2ncc(CNCC(C)C)[nH]2)cc1. The summed E-state index contributed by atoms with van der Waals surface area (Å²) in [6.45, 7) is 8.46. The number of hydrogen-bond donors (Lipinski definition) is 2. The standard InChI is InChI=1S/C16H23N3/c1-4-13-5-7-14(8-6-13)16-18-11-15(19-16)10-17-9-12(2)3/h5-8,11-12,17H,4,9-10H2,1-3H3,(H,18,19). The predicted octanol–water partition coefficient (Wildman–Crippen LogP) is 3.38. The first-order valence-electron chi connectivity index (χ1n) is 7.03. The Kier molecular flexibility index (Phi) is 4.74. The molecule has 0 amide bonds. The van der Waals surface area contributed by atoms with Crippen molar-refractivity contribution in [3.63, 3.8) is 0 Å². The Morgan fingerprint density at radius 1 is 1.21 bits per heavy atom. The number of nitrogens with zero attached hydrogens (tertiary/aromatic N) is 1. The highest BCUT2D eigenvalue weighted by Crippen LogP contribution is 2.16. The highest BCUT2D eigenvalue weighted by atomic mass is 15.0. The van der Waals surface area contributed by atoms with E-state index in [2.05, 4.69) is 60.3 Å². The number of H-pyrrole nitrogens is 1. The number of aromatic nitrogens is 2. The van der Waals surface area contributed by atoms with Gasteiger partial charge in [0.1, 0.15) is 5.82 Å². The van der Waals surface area contributed by atoms with E-state index in [1.165, 1.54) is 5.56 Å². The van der Waals surface area contributed by atoms with Gasteiger partial charge in [0.2, 0.25) is 0 Å². The van der Waals surface area contributed by atoms with Crippen LogP contribution in [-0.4, -0.2) is 16.5 Å². The van der Waals surface area contributed by atoms with E-state index in [4.69, 9.17) is 0 Å². The number of nitrogens with one attached hydrogen (secondary N) is 2. The summed E-state index contributed by atoms with van der Waals surface area (Å²) in [6.07, 6.45) is 2.99. The monoisotopic (exact) mass is 257 g/mol. The van der Waals surface area contributed by atoms with Gasteiger partial charge in [-0.15, -0.1) is 0 Å². The van der Waals surface area contributed by atoms with Crippen LogP contribution in [0.4, 0.5) is 0 Å². The normalized spacial score (nSPS) is 11.2. The van der Waals surface area contributed by atoms with Gasteiger partial charge in [0.05, 0.1) is 0 Å². The predicted molar refractivity (Wildman–Crippen MR) is 79.9 cm³/mol. The number of imidazole rings is 1. The molecular formula is C16H23N3. The van der Waals surface area contributed by atoms with Gasteiger partial charge in [0.15, 0.2) is 0 Å². The summed E-state index contributed by atoms with van der Waals surface area (Å²) in [5, 5.41) is 3.41. The molecule has 3 heteroatoms. The van der Waals surface area contributed by atoms with Crippen LogP contribution in [0.1, 0.15) is 32.0 Å². The minimum Gasteiger partial charge on any atom is -0.341 e. The van der Waals surface area contributed by atoms with E-state index in [-0.39, 0.29) is 0 Å². The van der Waals surface area contributed by atoms with Gasteiger partial charge in [-0.2, -0.15) is 0 Å². The number of rotatable bonds is 6. The minimum absolute atomic E-state index is 0.670. The molecule has 0 atom stereocenters. The number of hydrogen-bond acceptors (Lipinski definition) is 2. The molecule has 2 aromatic rings. The zero-order valence-electron chi connectivity index (χ0n) is 12.0. The van der Waals surface area contributed by atoms with E-state index < -0.39 is 0 Å². The quantitative estimate of drug-likeness (QED) is 0.833. The second-order valence-corrected chi connectivity index (χ2v) is 5.33. The van der Waals surface area contributed by atoms with Crippen molar-refractivity contribution in [2.24, 2.45) is 5.92 Å². The van der Waals surface area contributed by atoms with Crippen LogP contribution in [0.2, 0.25) is 0 Å². The molecule has 0 fully saturated rings. The Morgan fingerprint density at radius 3 is 2.58 bits per heavy atom. The fourth-order valence-electron chi connectivity index (χ4n) is 1.99. The third-order valence-electron chi connectivity index (χ3n) is 3.13. The molecule has 2 rings (SSSR count). The van der Waals surface area contributed by atoms with Gasteiger partial charge in [-0.3, -0.25) is 0 Å². The molecule has 2 N–H and O–H groups in total. The summed E-state index contributed by atoms with van der Waals surface area (Å²) in [5.74, 6) is 1.62. The molecule has 1 aromatic heterocycles. The second kappa shape index (κ2) is 6.53. The van der Waals surface area contributed by atoms with Crippen LogP contribution >= 0.6 is 0 Å². The highest BCUT2D eigenvalue weighted by Gasteiger charge is 2.03. The van der Waals surface area contributed by atoms with Crippen molar-refractivity contribution in [2.45, 2.75) is 33.7 Å². The average Bonchev–Trinajstić information content (AvgIpc) is 2.87. The fourth-order valence-corrected chi connectivity index (χ4v) is 1.99. The fraction of sp³-hybridized carbons (Fsp3) is 0.438. The first-order valence-corrected chi connectivity index (χ1v) is 7.03. The van der Waals surface area contributed by atoms with Gasteiger partial charge < -0.3 is 10.3 Å². The summed E-state index contributed by atoms with van der Waals surface area (Å²) in [6, 6.07) is 8.58. The van der Waals surface area contributed by atoms with Crippen LogP contribution in [0.5, 0.6) is 0 Å². The number of benzene rings is 1. The van der Waals surface area contributed by atoms with E-state index >= 15 is 0 Å². The van der Waals surface area contributed by atoms with Crippen LogP contribution in [0.15, 0.2) is 30.5 Å². The molecular weight excluding hydrogens is 234 g/mol. The van der Waals surface area contributed by atoms with Crippen LogP contribution in [-0.2, 0) is 13.0 Å². The molecule has 0 unspecified atom stereocenters. The van der Waals surface area contributed by atoms with Crippen LogP contribution in [0.25, 0.3) is 11.4 Å². The smallest absolute Gasteiger partial charge is 0.137 e. The zero-order valence-corrected chi connectivity index (χ0v) is 12.0. The van der Waals surface area contributed by atoms with Crippen LogP contribution < -0.4 is 5.32 Å². The maximum atomic E-state index is 4.44. The molecule has 102 valence electrons. The Labute approximate surface area is 115 Å². The molecule has 0 saturated carbocycles. The maximum Gasteiger partial charge on any atom is 0.137 e. The summed E-state index contributed by atoms with van der Waals surface area (Å²) in [4.78, 5) is 7.81.